The van der Waals surface area contributed by atoms with Crippen LogP contribution in [0.5, 0.6) is 5.75 Å². The van der Waals surface area contributed by atoms with E-state index in [1.54, 1.807) is 7.11 Å². The monoisotopic (exact) mass is 445 g/mol. The smallest absolute Gasteiger partial charge is 0.191 e. The van der Waals surface area contributed by atoms with Gasteiger partial charge in [0.05, 0.1) is 26.9 Å². The summed E-state index contributed by atoms with van der Waals surface area (Å²) >= 11 is 0. The van der Waals surface area contributed by atoms with Crippen LogP contribution in [0.1, 0.15) is 25.3 Å². The molecule has 5 nitrogen and oxygen atoms in total. The Morgan fingerprint density at radius 3 is 2.83 bits per heavy atom. The first kappa shape index (κ1) is 20.8. The molecule has 2 rings (SSSR count). The molecular weight excluding hydrogens is 417 g/mol. The van der Waals surface area contributed by atoms with E-state index in [0.717, 1.165) is 56.4 Å². The summed E-state index contributed by atoms with van der Waals surface area (Å²) in [6, 6.07) is 7.98. The molecule has 24 heavy (non-hydrogen) atoms. The average molecular weight is 445 g/mol. The lowest BCUT2D eigenvalue weighted by Gasteiger charge is -2.15. The van der Waals surface area contributed by atoms with E-state index in [1.165, 1.54) is 5.57 Å². The highest BCUT2D eigenvalue weighted by Gasteiger charge is 2.05. The molecule has 0 fully saturated rings. The van der Waals surface area contributed by atoms with Crippen LogP contribution in [0.3, 0.4) is 0 Å². The number of rotatable bonds is 7. The first-order chi connectivity index (χ1) is 11.3. The summed E-state index contributed by atoms with van der Waals surface area (Å²) in [5, 5.41) is 6.67. The number of nitrogens with one attached hydrogen (secondary N) is 2. The van der Waals surface area contributed by atoms with Crippen LogP contribution in [0.4, 0.5) is 0 Å². The summed E-state index contributed by atoms with van der Waals surface area (Å²) in [4.78, 5) is 4.65. The Kier molecular flexibility index (Phi) is 10.5. The number of benzene rings is 1. The number of guanidine groups is 1. The highest BCUT2D eigenvalue weighted by molar-refractivity contribution is 14.0. The Morgan fingerprint density at radius 2 is 2.12 bits per heavy atom. The second-order valence-corrected chi connectivity index (χ2v) is 5.37. The van der Waals surface area contributed by atoms with E-state index in [9.17, 15) is 0 Å². The van der Waals surface area contributed by atoms with Crippen LogP contribution < -0.4 is 15.4 Å². The summed E-state index contributed by atoms with van der Waals surface area (Å²) in [5.74, 6) is 1.71. The molecule has 1 heterocycles. The summed E-state index contributed by atoms with van der Waals surface area (Å²) in [5.41, 5.74) is 2.55. The predicted octanol–water partition coefficient (Wildman–Crippen LogP) is 3.11. The zero-order valence-corrected chi connectivity index (χ0v) is 16.8. The number of para-hydroxylation sites is 1. The molecule has 0 saturated carbocycles. The molecule has 0 aliphatic carbocycles. The molecule has 0 amide bonds. The van der Waals surface area contributed by atoms with Crippen LogP contribution in [0.2, 0.25) is 0 Å². The molecular formula is C18H28IN3O2. The minimum absolute atomic E-state index is 0. The molecule has 0 unspecified atom stereocenters. The number of ether oxygens (including phenoxy) is 2. The van der Waals surface area contributed by atoms with Gasteiger partial charge < -0.3 is 20.1 Å². The molecule has 0 spiro atoms. The van der Waals surface area contributed by atoms with Crippen molar-refractivity contribution in [3.05, 3.63) is 41.5 Å². The molecule has 1 aromatic rings. The van der Waals surface area contributed by atoms with Gasteiger partial charge in [0.1, 0.15) is 5.75 Å². The number of hydrogen-bond acceptors (Lipinski definition) is 3. The molecule has 134 valence electrons. The van der Waals surface area contributed by atoms with Crippen molar-refractivity contribution >= 4 is 29.9 Å². The number of methoxy groups -OCH3 is 1. The highest BCUT2D eigenvalue weighted by Crippen LogP contribution is 2.17. The minimum atomic E-state index is 0. The van der Waals surface area contributed by atoms with E-state index >= 15 is 0 Å². The fraction of sp³-hybridized carbons (Fsp3) is 0.500. The van der Waals surface area contributed by atoms with Crippen LogP contribution in [0.25, 0.3) is 0 Å². The maximum atomic E-state index is 5.37. The van der Waals surface area contributed by atoms with Crippen molar-refractivity contribution in [2.24, 2.45) is 4.99 Å². The van der Waals surface area contributed by atoms with Gasteiger partial charge in [-0.3, -0.25) is 0 Å². The normalized spacial score (nSPS) is 14.4. The largest absolute Gasteiger partial charge is 0.496 e. The van der Waals surface area contributed by atoms with Gasteiger partial charge in [0.2, 0.25) is 0 Å². The first-order valence-corrected chi connectivity index (χ1v) is 8.23. The maximum Gasteiger partial charge on any atom is 0.191 e. The first-order valence-electron chi connectivity index (χ1n) is 8.23. The third-order valence-corrected chi connectivity index (χ3v) is 3.74. The zero-order valence-electron chi connectivity index (χ0n) is 14.5. The topological polar surface area (TPSA) is 54.9 Å². The second kappa shape index (κ2) is 12.1. The summed E-state index contributed by atoms with van der Waals surface area (Å²) in [7, 11) is 1.69. The quantitative estimate of drug-likeness (QED) is 0.293. The molecule has 0 radical (unpaired) electrons. The maximum absolute atomic E-state index is 5.37. The van der Waals surface area contributed by atoms with E-state index in [2.05, 4.69) is 28.6 Å². The van der Waals surface area contributed by atoms with Gasteiger partial charge >= 0.3 is 0 Å². The fourth-order valence-electron chi connectivity index (χ4n) is 2.47. The van der Waals surface area contributed by atoms with Crippen molar-refractivity contribution in [1.29, 1.82) is 0 Å². The Labute approximate surface area is 161 Å². The highest BCUT2D eigenvalue weighted by atomic mass is 127. The Morgan fingerprint density at radius 1 is 1.29 bits per heavy atom. The van der Waals surface area contributed by atoms with Crippen molar-refractivity contribution in [2.75, 3.05) is 33.4 Å². The van der Waals surface area contributed by atoms with Crippen LogP contribution >= 0.6 is 24.0 Å². The molecule has 0 aromatic heterocycles. The second-order valence-electron chi connectivity index (χ2n) is 5.37. The number of nitrogens with zero attached hydrogens (tertiary/aromatic N) is 1. The molecule has 0 saturated heterocycles. The standard InChI is InChI=1S/C18H27N3O2.HI/c1-3-19-18(20-11-8-15-9-12-23-13-10-15)21-14-16-6-4-5-7-17(16)22-2;/h4-7,9H,3,8,10-14H2,1-2H3,(H2,19,20,21);1H. The van der Waals surface area contributed by atoms with E-state index in [0.29, 0.717) is 6.54 Å². The van der Waals surface area contributed by atoms with Crippen molar-refractivity contribution in [1.82, 2.24) is 10.6 Å². The molecule has 1 aliphatic rings. The molecule has 6 heteroatoms. The van der Waals surface area contributed by atoms with E-state index in [-0.39, 0.29) is 24.0 Å². The number of aliphatic imine (C=N–C) groups is 1. The number of halogens is 1. The lowest BCUT2D eigenvalue weighted by molar-refractivity contribution is 0.153. The zero-order chi connectivity index (χ0) is 16.3. The molecule has 0 atom stereocenters. The third-order valence-electron chi connectivity index (χ3n) is 3.74. The van der Waals surface area contributed by atoms with Gasteiger partial charge in [-0.05, 0) is 25.8 Å². The van der Waals surface area contributed by atoms with Crippen molar-refractivity contribution in [3.63, 3.8) is 0 Å². The van der Waals surface area contributed by atoms with E-state index < -0.39 is 0 Å². The fourth-order valence-corrected chi connectivity index (χ4v) is 2.47. The lowest BCUT2D eigenvalue weighted by atomic mass is 10.1. The number of hydrogen-bond donors (Lipinski definition) is 2. The van der Waals surface area contributed by atoms with Gasteiger partial charge in [0, 0.05) is 18.7 Å². The van der Waals surface area contributed by atoms with Crippen molar-refractivity contribution in [3.8, 4) is 5.75 Å². The molecule has 2 N–H and O–H groups in total. The van der Waals surface area contributed by atoms with Gasteiger partial charge in [0.15, 0.2) is 5.96 Å². The van der Waals surface area contributed by atoms with Gasteiger partial charge in [-0.2, -0.15) is 0 Å². The SMILES string of the molecule is CCNC(=NCc1ccccc1OC)NCCC1=CCOCC1.I. The van der Waals surface area contributed by atoms with Crippen molar-refractivity contribution in [2.45, 2.75) is 26.3 Å². The van der Waals surface area contributed by atoms with Gasteiger partial charge in [-0.25, -0.2) is 4.99 Å². The van der Waals surface area contributed by atoms with Crippen molar-refractivity contribution < 1.29 is 9.47 Å². The summed E-state index contributed by atoms with van der Waals surface area (Å²) in [6.07, 6.45) is 4.25. The van der Waals surface area contributed by atoms with Gasteiger partial charge in [-0.1, -0.05) is 29.8 Å². The lowest BCUT2D eigenvalue weighted by Crippen LogP contribution is -2.38. The molecule has 0 bridgehead atoms. The minimum Gasteiger partial charge on any atom is -0.496 e. The molecule has 1 aromatic carbocycles. The van der Waals surface area contributed by atoms with Crippen LogP contribution in [0, 0.1) is 0 Å². The third kappa shape index (κ3) is 7.09. The summed E-state index contributed by atoms with van der Waals surface area (Å²) in [6.45, 7) is 5.97. The van der Waals surface area contributed by atoms with E-state index in [4.69, 9.17) is 9.47 Å². The molecule has 1 aliphatic heterocycles. The Bertz CT molecular complexity index is 547. The Hall–Kier alpha value is -1.28. The summed E-state index contributed by atoms with van der Waals surface area (Å²) < 4.78 is 10.7. The van der Waals surface area contributed by atoms with Crippen LogP contribution in [-0.4, -0.2) is 39.4 Å². The Balaban J connectivity index is 0.00000288. The van der Waals surface area contributed by atoms with Crippen LogP contribution in [-0.2, 0) is 11.3 Å². The average Bonchev–Trinajstić information content (AvgIpc) is 2.61. The predicted molar refractivity (Wildman–Crippen MR) is 109 cm³/mol. The van der Waals surface area contributed by atoms with Gasteiger partial charge in [0.25, 0.3) is 0 Å². The van der Waals surface area contributed by atoms with Crippen LogP contribution in [0.15, 0.2) is 40.9 Å². The van der Waals surface area contributed by atoms with Gasteiger partial charge in [-0.15, -0.1) is 24.0 Å². The van der Waals surface area contributed by atoms with E-state index in [1.807, 2.05) is 24.3 Å².